The molecule has 0 saturated heterocycles. The summed E-state index contributed by atoms with van der Waals surface area (Å²) in [5.74, 6) is -0.755. The molecule has 0 spiro atoms. The van der Waals surface area contributed by atoms with E-state index in [0.29, 0.717) is 12.6 Å². The second-order valence-electron chi connectivity index (χ2n) is 5.76. The fourth-order valence-corrected chi connectivity index (χ4v) is 3.28. The van der Waals surface area contributed by atoms with Crippen LogP contribution in [0, 0.1) is 0 Å². The van der Waals surface area contributed by atoms with Crippen LogP contribution in [-0.4, -0.2) is 33.5 Å². The first-order valence-electron chi connectivity index (χ1n) is 7.51. The van der Waals surface area contributed by atoms with Gasteiger partial charge in [0.05, 0.1) is 6.54 Å². The van der Waals surface area contributed by atoms with Gasteiger partial charge in [0.2, 0.25) is 0 Å². The van der Waals surface area contributed by atoms with E-state index in [0.717, 1.165) is 23.8 Å². The fourth-order valence-electron chi connectivity index (χ4n) is 3.28. The minimum atomic E-state index is -0.755. The van der Waals surface area contributed by atoms with E-state index in [1.54, 1.807) is 0 Å². The Balaban J connectivity index is 1.88. The molecule has 0 amide bonds. The van der Waals surface area contributed by atoms with Gasteiger partial charge in [-0.2, -0.15) is 0 Å². The summed E-state index contributed by atoms with van der Waals surface area (Å²) in [5.41, 5.74) is 1.11. The summed E-state index contributed by atoms with van der Waals surface area (Å²) >= 11 is 0. The quantitative estimate of drug-likeness (QED) is 0.916. The molecular formula is C17H20N2O2. The number of aromatic nitrogens is 1. The van der Waals surface area contributed by atoms with E-state index in [1.807, 2.05) is 30.6 Å². The van der Waals surface area contributed by atoms with Crippen molar-refractivity contribution in [2.75, 3.05) is 6.54 Å². The Hall–Kier alpha value is -1.94. The number of benzene rings is 1. The van der Waals surface area contributed by atoms with Crippen molar-refractivity contribution in [2.45, 2.75) is 38.3 Å². The van der Waals surface area contributed by atoms with Crippen molar-refractivity contribution in [2.24, 2.45) is 0 Å². The first-order valence-corrected chi connectivity index (χ1v) is 7.51. The van der Waals surface area contributed by atoms with E-state index in [9.17, 15) is 9.90 Å². The van der Waals surface area contributed by atoms with Crippen LogP contribution in [0.25, 0.3) is 10.8 Å². The maximum absolute atomic E-state index is 11.2. The average molecular weight is 284 g/mol. The third-order valence-corrected chi connectivity index (χ3v) is 4.30. The maximum Gasteiger partial charge on any atom is 0.317 e. The van der Waals surface area contributed by atoms with Crippen LogP contribution in [0.1, 0.15) is 31.2 Å². The molecule has 1 saturated carbocycles. The molecule has 1 N–H and O–H groups in total. The third-order valence-electron chi connectivity index (χ3n) is 4.30. The number of carboxylic acid groups (broad SMARTS) is 1. The third kappa shape index (κ3) is 3.22. The normalized spacial score (nSPS) is 15.9. The Morgan fingerprint density at radius 3 is 2.76 bits per heavy atom. The highest BCUT2D eigenvalue weighted by Crippen LogP contribution is 2.26. The van der Waals surface area contributed by atoms with Gasteiger partial charge in [-0.05, 0) is 23.8 Å². The van der Waals surface area contributed by atoms with Gasteiger partial charge < -0.3 is 5.11 Å². The lowest BCUT2D eigenvalue weighted by molar-refractivity contribution is -0.139. The van der Waals surface area contributed by atoms with Crippen molar-refractivity contribution in [3.8, 4) is 0 Å². The van der Waals surface area contributed by atoms with Gasteiger partial charge >= 0.3 is 5.97 Å². The highest BCUT2D eigenvalue weighted by atomic mass is 16.4. The molecule has 0 bridgehead atoms. The summed E-state index contributed by atoms with van der Waals surface area (Å²) in [6.07, 6.45) is 8.34. The zero-order chi connectivity index (χ0) is 14.7. The summed E-state index contributed by atoms with van der Waals surface area (Å²) in [6, 6.07) is 8.53. The minimum Gasteiger partial charge on any atom is -0.480 e. The van der Waals surface area contributed by atoms with E-state index in [2.05, 4.69) is 16.0 Å². The van der Waals surface area contributed by atoms with Crippen molar-refractivity contribution in [3.63, 3.8) is 0 Å². The molecule has 0 unspecified atom stereocenters. The number of hydrogen-bond donors (Lipinski definition) is 1. The molecule has 1 aromatic carbocycles. The molecule has 1 heterocycles. The average Bonchev–Trinajstić information content (AvgIpc) is 3.01. The number of carbonyl (C=O) groups is 1. The van der Waals surface area contributed by atoms with Crippen LogP contribution in [0.5, 0.6) is 0 Å². The van der Waals surface area contributed by atoms with Gasteiger partial charge in [0.1, 0.15) is 0 Å². The number of nitrogens with zero attached hydrogens (tertiary/aromatic N) is 2. The molecule has 0 radical (unpaired) electrons. The monoisotopic (exact) mass is 284 g/mol. The number of fused-ring (bicyclic) bond motifs is 1. The van der Waals surface area contributed by atoms with Crippen LogP contribution in [0.15, 0.2) is 36.7 Å². The van der Waals surface area contributed by atoms with Gasteiger partial charge in [-0.15, -0.1) is 0 Å². The maximum atomic E-state index is 11.2. The number of hydrogen-bond acceptors (Lipinski definition) is 3. The standard InChI is InChI=1S/C17H20N2O2/c20-17(21)12-19(15-6-2-3-7-15)11-14-10-18-9-13-5-1-4-8-16(13)14/h1,4-5,8-10,15H,2-3,6-7,11-12H2,(H,20,21). The van der Waals surface area contributed by atoms with E-state index >= 15 is 0 Å². The first-order chi connectivity index (χ1) is 10.2. The van der Waals surface area contributed by atoms with Crippen molar-refractivity contribution >= 4 is 16.7 Å². The highest BCUT2D eigenvalue weighted by molar-refractivity contribution is 5.84. The fraction of sp³-hybridized carbons (Fsp3) is 0.412. The molecule has 21 heavy (non-hydrogen) atoms. The Bertz CT molecular complexity index is 630. The molecule has 1 aliphatic carbocycles. The van der Waals surface area contributed by atoms with Gasteiger partial charge in [0.25, 0.3) is 0 Å². The van der Waals surface area contributed by atoms with Crippen LogP contribution < -0.4 is 0 Å². The van der Waals surface area contributed by atoms with Gasteiger partial charge in [-0.1, -0.05) is 37.1 Å². The minimum absolute atomic E-state index is 0.105. The topological polar surface area (TPSA) is 53.4 Å². The number of rotatable bonds is 5. The van der Waals surface area contributed by atoms with E-state index < -0.39 is 5.97 Å². The van der Waals surface area contributed by atoms with E-state index in [4.69, 9.17) is 0 Å². The lowest BCUT2D eigenvalue weighted by atomic mass is 10.1. The Morgan fingerprint density at radius 2 is 2.00 bits per heavy atom. The highest BCUT2D eigenvalue weighted by Gasteiger charge is 2.24. The molecule has 2 aromatic rings. The molecule has 0 atom stereocenters. The number of pyridine rings is 1. The van der Waals surface area contributed by atoms with Crippen molar-refractivity contribution in [1.82, 2.24) is 9.88 Å². The second-order valence-corrected chi connectivity index (χ2v) is 5.76. The van der Waals surface area contributed by atoms with Crippen LogP contribution in [0.3, 0.4) is 0 Å². The predicted molar refractivity (Wildman–Crippen MR) is 82.0 cm³/mol. The molecule has 1 aromatic heterocycles. The summed E-state index contributed by atoms with van der Waals surface area (Å²) in [5, 5.41) is 11.5. The van der Waals surface area contributed by atoms with Crippen molar-refractivity contribution in [3.05, 3.63) is 42.2 Å². The van der Waals surface area contributed by atoms with Crippen LogP contribution in [-0.2, 0) is 11.3 Å². The van der Waals surface area contributed by atoms with Gasteiger partial charge in [0, 0.05) is 30.4 Å². The Kier molecular flexibility index (Phi) is 4.15. The Labute approximate surface area is 124 Å². The zero-order valence-corrected chi connectivity index (χ0v) is 12.0. The van der Waals surface area contributed by atoms with Gasteiger partial charge in [-0.25, -0.2) is 0 Å². The molecule has 110 valence electrons. The van der Waals surface area contributed by atoms with Crippen LogP contribution >= 0.6 is 0 Å². The Morgan fingerprint density at radius 1 is 1.24 bits per heavy atom. The van der Waals surface area contributed by atoms with Crippen LogP contribution in [0.2, 0.25) is 0 Å². The molecule has 4 heteroatoms. The predicted octanol–water partition coefficient (Wildman–Crippen LogP) is 3.06. The summed E-state index contributed by atoms with van der Waals surface area (Å²) in [7, 11) is 0. The van der Waals surface area contributed by atoms with Gasteiger partial charge in [0.15, 0.2) is 0 Å². The van der Waals surface area contributed by atoms with Crippen molar-refractivity contribution in [1.29, 1.82) is 0 Å². The van der Waals surface area contributed by atoms with Gasteiger partial charge in [-0.3, -0.25) is 14.7 Å². The largest absolute Gasteiger partial charge is 0.480 e. The first kappa shape index (κ1) is 14.0. The second kappa shape index (κ2) is 6.22. The number of aliphatic carboxylic acids is 1. The molecule has 0 aliphatic heterocycles. The molecule has 1 aliphatic rings. The lowest BCUT2D eigenvalue weighted by Crippen LogP contribution is -2.37. The zero-order valence-electron chi connectivity index (χ0n) is 12.0. The van der Waals surface area contributed by atoms with Crippen molar-refractivity contribution < 1.29 is 9.90 Å². The summed E-state index contributed by atoms with van der Waals surface area (Å²) in [4.78, 5) is 17.6. The molecule has 3 rings (SSSR count). The van der Waals surface area contributed by atoms with E-state index in [1.165, 1.54) is 18.2 Å². The van der Waals surface area contributed by atoms with Crippen LogP contribution in [0.4, 0.5) is 0 Å². The molecule has 4 nitrogen and oxygen atoms in total. The summed E-state index contributed by atoms with van der Waals surface area (Å²) < 4.78 is 0. The number of carboxylic acids is 1. The molecule has 1 fully saturated rings. The smallest absolute Gasteiger partial charge is 0.317 e. The van der Waals surface area contributed by atoms with E-state index in [-0.39, 0.29) is 6.54 Å². The lowest BCUT2D eigenvalue weighted by Gasteiger charge is -2.27. The molecular weight excluding hydrogens is 264 g/mol. The summed E-state index contributed by atoms with van der Waals surface area (Å²) in [6.45, 7) is 0.763. The SMILES string of the molecule is O=C(O)CN(Cc1cncc2ccccc12)C1CCCC1.